The molecule has 2 fully saturated rings. The van der Waals surface area contributed by atoms with E-state index in [0.717, 1.165) is 54.9 Å². The van der Waals surface area contributed by atoms with Gasteiger partial charge < -0.3 is 19.8 Å². The zero-order valence-electron chi connectivity index (χ0n) is 17.6. The van der Waals surface area contributed by atoms with Crippen LogP contribution >= 0.6 is 0 Å². The van der Waals surface area contributed by atoms with E-state index in [1.807, 2.05) is 31.7 Å². The Hall–Kier alpha value is -1.63. The van der Waals surface area contributed by atoms with Crippen LogP contribution in [0, 0.1) is 20.8 Å². The van der Waals surface area contributed by atoms with E-state index in [-0.39, 0.29) is 12.5 Å². The molecule has 3 rings (SSSR count). The third kappa shape index (κ3) is 4.34. The van der Waals surface area contributed by atoms with Gasteiger partial charge in [0.05, 0.1) is 6.10 Å². The molecule has 0 radical (unpaired) electrons. The van der Waals surface area contributed by atoms with Gasteiger partial charge >= 0.3 is 0 Å². The number of benzene rings is 1. The van der Waals surface area contributed by atoms with Crippen molar-refractivity contribution in [1.82, 2.24) is 9.80 Å². The number of hydrogen-bond acceptors (Lipinski definition) is 5. The number of carbonyl (C=O) groups excluding carboxylic acids is 1. The second-order valence-electron chi connectivity index (χ2n) is 8.56. The maximum absolute atomic E-state index is 11.5. The first-order valence-electron chi connectivity index (χ1n) is 10.3. The largest absolute Gasteiger partial charge is 0.490 e. The number of aryl methyl sites for hydroxylation is 2. The third-order valence-corrected chi connectivity index (χ3v) is 6.55. The first kappa shape index (κ1) is 21.1. The number of likely N-dealkylation sites (tertiary alicyclic amines) is 2. The van der Waals surface area contributed by atoms with Crippen LogP contribution in [-0.4, -0.2) is 76.5 Å². The minimum absolute atomic E-state index is 0.0715. The van der Waals surface area contributed by atoms with Gasteiger partial charge in [-0.3, -0.25) is 9.69 Å². The fourth-order valence-electron chi connectivity index (χ4n) is 4.44. The summed E-state index contributed by atoms with van der Waals surface area (Å²) in [5.41, 5.74) is 1.96. The van der Waals surface area contributed by atoms with Crippen LogP contribution in [-0.2, 0) is 4.79 Å². The summed E-state index contributed by atoms with van der Waals surface area (Å²) in [7, 11) is 0. The number of nitrogens with zero attached hydrogens (tertiary/aromatic N) is 2. The van der Waals surface area contributed by atoms with Crippen molar-refractivity contribution in [2.24, 2.45) is 0 Å². The normalized spacial score (nSPS) is 27.1. The predicted molar refractivity (Wildman–Crippen MR) is 109 cm³/mol. The Balaban J connectivity index is 1.65. The van der Waals surface area contributed by atoms with Crippen molar-refractivity contribution in [3.8, 4) is 5.75 Å². The number of β-amino-alcohol motifs (C(OH)–C–C–N with tert-alkyl or cyclic N) is 1. The SMILES string of the molecule is CC(=O)N1CCC(N2CC[C@H](O)[C@@](O)(COc3c(C)ccc(C)c3C)C2)CC1. The Morgan fingerprint density at radius 2 is 1.79 bits per heavy atom. The molecule has 2 atom stereocenters. The van der Waals surface area contributed by atoms with Crippen LogP contribution in [0.15, 0.2) is 12.1 Å². The number of aliphatic hydroxyl groups excluding tert-OH is 1. The van der Waals surface area contributed by atoms with E-state index in [2.05, 4.69) is 11.0 Å². The van der Waals surface area contributed by atoms with Crippen LogP contribution in [0.5, 0.6) is 5.75 Å². The van der Waals surface area contributed by atoms with Gasteiger partial charge in [0, 0.05) is 39.1 Å². The molecule has 0 unspecified atom stereocenters. The summed E-state index contributed by atoms with van der Waals surface area (Å²) in [4.78, 5) is 15.7. The van der Waals surface area contributed by atoms with Crippen molar-refractivity contribution in [2.75, 3.05) is 32.8 Å². The molecule has 1 aromatic rings. The van der Waals surface area contributed by atoms with Crippen molar-refractivity contribution >= 4 is 5.91 Å². The summed E-state index contributed by atoms with van der Waals surface area (Å²) in [6, 6.07) is 4.42. The highest BCUT2D eigenvalue weighted by atomic mass is 16.5. The number of hydrogen-bond donors (Lipinski definition) is 2. The Morgan fingerprint density at radius 3 is 2.43 bits per heavy atom. The van der Waals surface area contributed by atoms with Crippen molar-refractivity contribution in [3.05, 3.63) is 28.8 Å². The number of piperidine rings is 2. The zero-order valence-corrected chi connectivity index (χ0v) is 17.6. The van der Waals surface area contributed by atoms with Crippen LogP contribution < -0.4 is 4.74 Å². The monoisotopic (exact) mass is 390 g/mol. The Labute approximate surface area is 168 Å². The first-order valence-corrected chi connectivity index (χ1v) is 10.3. The van der Waals surface area contributed by atoms with E-state index in [0.29, 0.717) is 19.0 Å². The summed E-state index contributed by atoms with van der Waals surface area (Å²) in [5, 5.41) is 21.7. The molecule has 1 aromatic carbocycles. The van der Waals surface area contributed by atoms with Crippen molar-refractivity contribution in [2.45, 2.75) is 64.7 Å². The first-order chi connectivity index (χ1) is 13.2. The molecule has 0 bridgehead atoms. The molecule has 28 heavy (non-hydrogen) atoms. The lowest BCUT2D eigenvalue weighted by Gasteiger charge is -2.47. The van der Waals surface area contributed by atoms with Crippen LogP contribution in [0.25, 0.3) is 0 Å². The summed E-state index contributed by atoms with van der Waals surface area (Å²) in [5.74, 6) is 0.925. The second-order valence-corrected chi connectivity index (χ2v) is 8.56. The molecule has 0 spiro atoms. The van der Waals surface area contributed by atoms with E-state index in [1.54, 1.807) is 6.92 Å². The van der Waals surface area contributed by atoms with Gasteiger partial charge in [-0.15, -0.1) is 0 Å². The Morgan fingerprint density at radius 1 is 1.14 bits per heavy atom. The second kappa shape index (κ2) is 8.39. The number of carbonyl (C=O) groups is 1. The van der Waals surface area contributed by atoms with E-state index < -0.39 is 11.7 Å². The van der Waals surface area contributed by atoms with Gasteiger partial charge in [-0.05, 0) is 56.7 Å². The molecule has 156 valence electrons. The fraction of sp³-hybridized carbons (Fsp3) is 0.682. The molecular weight excluding hydrogens is 356 g/mol. The number of rotatable bonds is 4. The van der Waals surface area contributed by atoms with Crippen molar-refractivity contribution in [1.29, 1.82) is 0 Å². The van der Waals surface area contributed by atoms with Gasteiger partial charge in [-0.25, -0.2) is 0 Å². The van der Waals surface area contributed by atoms with Crippen molar-refractivity contribution in [3.63, 3.8) is 0 Å². The zero-order chi connectivity index (χ0) is 20.5. The van der Waals surface area contributed by atoms with Gasteiger partial charge in [-0.1, -0.05) is 12.1 Å². The minimum Gasteiger partial charge on any atom is -0.490 e. The molecule has 6 nitrogen and oxygen atoms in total. The Bertz CT molecular complexity index is 715. The average molecular weight is 391 g/mol. The predicted octanol–water partition coefficient (Wildman–Crippen LogP) is 1.80. The molecule has 6 heteroatoms. The lowest BCUT2D eigenvalue weighted by molar-refractivity contribution is -0.149. The topological polar surface area (TPSA) is 73.2 Å². The standard InChI is InChI=1S/C22H34N2O4/c1-15-5-6-16(2)21(17(15)3)28-14-22(27)13-24(12-9-20(22)26)19-7-10-23(11-8-19)18(4)25/h5-6,19-20,26-27H,7-14H2,1-4H3/t20-,22-/m0/s1. The van der Waals surface area contributed by atoms with Crippen molar-refractivity contribution < 1.29 is 19.7 Å². The maximum Gasteiger partial charge on any atom is 0.219 e. The molecule has 2 heterocycles. The van der Waals surface area contributed by atoms with Gasteiger partial charge in [0.15, 0.2) is 0 Å². The molecule has 2 N–H and O–H groups in total. The number of ether oxygens (including phenoxy) is 1. The molecule has 2 aliphatic heterocycles. The molecule has 0 aromatic heterocycles. The van der Waals surface area contributed by atoms with Crippen LogP contribution in [0.1, 0.15) is 42.9 Å². The number of amides is 1. The van der Waals surface area contributed by atoms with E-state index in [1.165, 1.54) is 0 Å². The highest BCUT2D eigenvalue weighted by Gasteiger charge is 2.44. The summed E-state index contributed by atoms with van der Waals surface area (Å²) in [6.45, 7) is 10.4. The molecule has 0 saturated carbocycles. The highest BCUT2D eigenvalue weighted by molar-refractivity contribution is 5.73. The third-order valence-electron chi connectivity index (χ3n) is 6.55. The smallest absolute Gasteiger partial charge is 0.219 e. The number of aliphatic hydroxyl groups is 2. The fourth-order valence-corrected chi connectivity index (χ4v) is 4.44. The molecule has 1 amide bonds. The van der Waals surface area contributed by atoms with E-state index >= 15 is 0 Å². The van der Waals surface area contributed by atoms with Crippen LogP contribution in [0.2, 0.25) is 0 Å². The quantitative estimate of drug-likeness (QED) is 0.820. The summed E-state index contributed by atoms with van der Waals surface area (Å²) < 4.78 is 6.06. The van der Waals surface area contributed by atoms with Crippen LogP contribution in [0.3, 0.4) is 0 Å². The average Bonchev–Trinajstić information content (AvgIpc) is 2.67. The molecule has 2 aliphatic rings. The molecular formula is C22H34N2O4. The maximum atomic E-state index is 11.5. The van der Waals surface area contributed by atoms with E-state index in [4.69, 9.17) is 4.74 Å². The Kier molecular flexibility index (Phi) is 6.32. The van der Waals surface area contributed by atoms with Gasteiger partial charge in [0.2, 0.25) is 5.91 Å². The van der Waals surface area contributed by atoms with E-state index in [9.17, 15) is 15.0 Å². The minimum atomic E-state index is -1.29. The lowest BCUT2D eigenvalue weighted by Crippen LogP contribution is -2.62. The molecule has 0 aliphatic carbocycles. The summed E-state index contributed by atoms with van der Waals surface area (Å²) in [6.07, 6.45) is 1.54. The van der Waals surface area contributed by atoms with Gasteiger partial charge in [0.25, 0.3) is 0 Å². The lowest BCUT2D eigenvalue weighted by atomic mass is 9.88. The van der Waals surface area contributed by atoms with Gasteiger partial charge in [-0.2, -0.15) is 0 Å². The van der Waals surface area contributed by atoms with Gasteiger partial charge in [0.1, 0.15) is 18.0 Å². The van der Waals surface area contributed by atoms with Crippen LogP contribution in [0.4, 0.5) is 0 Å². The highest BCUT2D eigenvalue weighted by Crippen LogP contribution is 2.30. The summed E-state index contributed by atoms with van der Waals surface area (Å²) >= 11 is 0. The molecule has 2 saturated heterocycles.